The second-order valence-corrected chi connectivity index (χ2v) is 3.45. The molecule has 3 nitrogen and oxygen atoms in total. The number of carbonyl (C=O) groups excluding carboxylic acids is 1. The second kappa shape index (κ2) is 4.22. The van der Waals surface area contributed by atoms with Crippen molar-refractivity contribution in [3.8, 4) is 0 Å². The molecule has 0 saturated heterocycles. The standard InChI is InChI=1S/C11H15NO2/c1-4-8(2)12-7-5-6-10(9(3)13)11(12)14/h5-8H,4H2,1-3H3. The number of ketones is 1. The maximum absolute atomic E-state index is 11.8. The molecule has 1 rings (SSSR count). The van der Waals surface area contributed by atoms with Crippen LogP contribution >= 0.6 is 0 Å². The van der Waals surface area contributed by atoms with Crippen LogP contribution in [0.3, 0.4) is 0 Å². The lowest BCUT2D eigenvalue weighted by Crippen LogP contribution is -2.26. The molecule has 0 aliphatic carbocycles. The summed E-state index contributed by atoms with van der Waals surface area (Å²) >= 11 is 0. The quantitative estimate of drug-likeness (QED) is 0.689. The van der Waals surface area contributed by atoms with E-state index in [1.165, 1.54) is 6.92 Å². The molecule has 14 heavy (non-hydrogen) atoms. The van der Waals surface area contributed by atoms with Crippen molar-refractivity contribution in [1.29, 1.82) is 0 Å². The highest BCUT2D eigenvalue weighted by Gasteiger charge is 2.09. The molecule has 0 aliphatic heterocycles. The maximum atomic E-state index is 11.8. The normalized spacial score (nSPS) is 12.5. The van der Waals surface area contributed by atoms with Gasteiger partial charge in [-0.2, -0.15) is 0 Å². The minimum atomic E-state index is -0.186. The van der Waals surface area contributed by atoms with Gasteiger partial charge < -0.3 is 4.57 Å². The summed E-state index contributed by atoms with van der Waals surface area (Å²) in [5.41, 5.74) is 0.0853. The summed E-state index contributed by atoms with van der Waals surface area (Å²) in [4.78, 5) is 22.9. The fraction of sp³-hybridized carbons (Fsp3) is 0.455. The molecule has 0 radical (unpaired) electrons. The summed E-state index contributed by atoms with van der Waals surface area (Å²) in [7, 11) is 0. The Morgan fingerprint density at radius 2 is 2.21 bits per heavy atom. The van der Waals surface area contributed by atoms with Gasteiger partial charge in [0.25, 0.3) is 5.56 Å². The average Bonchev–Trinajstić information content (AvgIpc) is 2.16. The fourth-order valence-electron chi connectivity index (χ4n) is 1.32. The Bertz CT molecular complexity index is 393. The predicted octanol–water partition coefficient (Wildman–Crippen LogP) is 2.02. The molecule has 0 bridgehead atoms. The Morgan fingerprint density at radius 3 is 2.71 bits per heavy atom. The summed E-state index contributed by atoms with van der Waals surface area (Å²) in [6.45, 7) is 5.39. The van der Waals surface area contributed by atoms with E-state index in [9.17, 15) is 9.59 Å². The van der Waals surface area contributed by atoms with E-state index >= 15 is 0 Å². The highest BCUT2D eigenvalue weighted by atomic mass is 16.1. The first-order valence-corrected chi connectivity index (χ1v) is 4.80. The van der Waals surface area contributed by atoms with Gasteiger partial charge in [-0.05, 0) is 32.4 Å². The van der Waals surface area contributed by atoms with Crippen molar-refractivity contribution in [3.05, 3.63) is 34.2 Å². The number of pyridine rings is 1. The van der Waals surface area contributed by atoms with Crippen molar-refractivity contribution < 1.29 is 4.79 Å². The van der Waals surface area contributed by atoms with Crippen LogP contribution in [0.15, 0.2) is 23.1 Å². The van der Waals surface area contributed by atoms with Crippen molar-refractivity contribution in [1.82, 2.24) is 4.57 Å². The van der Waals surface area contributed by atoms with Crippen LogP contribution in [0.1, 0.15) is 43.6 Å². The molecule has 1 unspecified atom stereocenters. The van der Waals surface area contributed by atoms with Gasteiger partial charge in [-0.1, -0.05) is 6.92 Å². The topological polar surface area (TPSA) is 39.1 Å². The van der Waals surface area contributed by atoms with E-state index in [1.54, 1.807) is 22.9 Å². The van der Waals surface area contributed by atoms with Crippen LogP contribution in [-0.4, -0.2) is 10.4 Å². The molecule has 0 amide bonds. The average molecular weight is 193 g/mol. The van der Waals surface area contributed by atoms with Gasteiger partial charge in [-0.15, -0.1) is 0 Å². The van der Waals surface area contributed by atoms with E-state index in [0.29, 0.717) is 0 Å². The molecule has 0 saturated carbocycles. The van der Waals surface area contributed by atoms with Crippen molar-refractivity contribution in [2.75, 3.05) is 0 Å². The second-order valence-electron chi connectivity index (χ2n) is 3.45. The third-order valence-electron chi connectivity index (χ3n) is 2.42. The van der Waals surface area contributed by atoms with Gasteiger partial charge in [0, 0.05) is 12.2 Å². The molecule has 1 aromatic heterocycles. The molecular weight excluding hydrogens is 178 g/mol. The van der Waals surface area contributed by atoms with E-state index in [2.05, 4.69) is 0 Å². The minimum absolute atomic E-state index is 0.141. The van der Waals surface area contributed by atoms with Gasteiger partial charge in [0.15, 0.2) is 5.78 Å². The Balaban J connectivity index is 3.28. The van der Waals surface area contributed by atoms with Crippen LogP contribution in [0.25, 0.3) is 0 Å². The van der Waals surface area contributed by atoms with Gasteiger partial charge in [0.05, 0.1) is 5.56 Å². The molecule has 0 spiro atoms. The molecule has 1 heterocycles. The predicted molar refractivity (Wildman–Crippen MR) is 55.7 cm³/mol. The minimum Gasteiger partial charge on any atom is -0.312 e. The van der Waals surface area contributed by atoms with E-state index in [-0.39, 0.29) is 22.9 Å². The monoisotopic (exact) mass is 193 g/mol. The van der Waals surface area contributed by atoms with E-state index < -0.39 is 0 Å². The Kier molecular flexibility index (Phi) is 3.23. The first-order valence-electron chi connectivity index (χ1n) is 4.80. The summed E-state index contributed by atoms with van der Waals surface area (Å²) in [5, 5.41) is 0. The Labute approximate surface area is 83.4 Å². The summed E-state index contributed by atoms with van der Waals surface area (Å²) in [6, 6.07) is 3.45. The number of aromatic nitrogens is 1. The van der Waals surface area contributed by atoms with Gasteiger partial charge in [-0.25, -0.2) is 0 Å². The van der Waals surface area contributed by atoms with E-state index in [1.807, 2.05) is 13.8 Å². The number of hydrogen-bond acceptors (Lipinski definition) is 2. The summed E-state index contributed by atoms with van der Waals surface area (Å²) in [6.07, 6.45) is 2.60. The van der Waals surface area contributed by atoms with Crippen LogP contribution in [0.4, 0.5) is 0 Å². The van der Waals surface area contributed by atoms with Crippen LogP contribution < -0.4 is 5.56 Å². The molecule has 1 atom stereocenters. The molecule has 0 N–H and O–H groups in total. The van der Waals surface area contributed by atoms with Gasteiger partial charge >= 0.3 is 0 Å². The number of nitrogens with zero attached hydrogens (tertiary/aromatic N) is 1. The highest BCUT2D eigenvalue weighted by Crippen LogP contribution is 2.06. The molecule has 0 aliphatic rings. The number of hydrogen-bond donors (Lipinski definition) is 0. The first kappa shape index (κ1) is 10.7. The Morgan fingerprint density at radius 1 is 1.57 bits per heavy atom. The van der Waals surface area contributed by atoms with E-state index in [0.717, 1.165) is 6.42 Å². The molecular formula is C11H15NO2. The lowest BCUT2D eigenvalue weighted by Gasteiger charge is -2.12. The van der Waals surface area contributed by atoms with Gasteiger partial charge in [0.1, 0.15) is 0 Å². The molecule has 3 heteroatoms. The molecule has 0 fully saturated rings. The van der Waals surface area contributed by atoms with Gasteiger partial charge in [0.2, 0.25) is 0 Å². The molecule has 76 valence electrons. The SMILES string of the molecule is CCC(C)n1cccc(C(C)=O)c1=O. The highest BCUT2D eigenvalue weighted by molar-refractivity contribution is 5.93. The third-order valence-corrected chi connectivity index (χ3v) is 2.42. The van der Waals surface area contributed by atoms with Crippen molar-refractivity contribution >= 4 is 5.78 Å². The lowest BCUT2D eigenvalue weighted by molar-refractivity contribution is 0.101. The van der Waals surface area contributed by atoms with Crippen LogP contribution in [0.5, 0.6) is 0 Å². The van der Waals surface area contributed by atoms with Crippen LogP contribution in [-0.2, 0) is 0 Å². The van der Waals surface area contributed by atoms with Crippen molar-refractivity contribution in [2.24, 2.45) is 0 Å². The zero-order valence-electron chi connectivity index (χ0n) is 8.78. The Hall–Kier alpha value is -1.38. The van der Waals surface area contributed by atoms with Crippen LogP contribution in [0, 0.1) is 0 Å². The number of carbonyl (C=O) groups is 1. The smallest absolute Gasteiger partial charge is 0.261 e. The summed E-state index contributed by atoms with van der Waals surface area (Å²) < 4.78 is 1.61. The summed E-state index contributed by atoms with van der Waals surface area (Å²) in [5.74, 6) is -0.173. The lowest BCUT2D eigenvalue weighted by atomic mass is 10.2. The number of rotatable bonds is 3. The zero-order chi connectivity index (χ0) is 10.7. The largest absolute Gasteiger partial charge is 0.312 e. The molecule has 1 aromatic rings. The number of Topliss-reactive ketones (excluding diaryl/α,β-unsaturated/α-hetero) is 1. The van der Waals surface area contributed by atoms with Crippen LogP contribution in [0.2, 0.25) is 0 Å². The third kappa shape index (κ3) is 1.92. The fourth-order valence-corrected chi connectivity index (χ4v) is 1.32. The maximum Gasteiger partial charge on any atom is 0.261 e. The van der Waals surface area contributed by atoms with Crippen molar-refractivity contribution in [3.63, 3.8) is 0 Å². The van der Waals surface area contributed by atoms with E-state index in [4.69, 9.17) is 0 Å². The van der Waals surface area contributed by atoms with Crippen molar-refractivity contribution in [2.45, 2.75) is 33.2 Å². The molecule has 0 aromatic carbocycles. The van der Waals surface area contributed by atoms with Gasteiger partial charge in [-0.3, -0.25) is 9.59 Å². The first-order chi connectivity index (χ1) is 6.57. The zero-order valence-corrected chi connectivity index (χ0v) is 8.78.